The Morgan fingerprint density at radius 2 is 2.05 bits per heavy atom. The molecule has 0 fully saturated rings. The summed E-state index contributed by atoms with van der Waals surface area (Å²) in [5, 5.41) is 0. The highest BCUT2D eigenvalue weighted by molar-refractivity contribution is 5.75. The van der Waals surface area contributed by atoms with Gasteiger partial charge in [0, 0.05) is 13.0 Å². The van der Waals surface area contributed by atoms with Crippen LogP contribution in [-0.2, 0) is 13.0 Å². The van der Waals surface area contributed by atoms with E-state index in [1.165, 1.54) is 0 Å². The number of nitrogens with two attached hydrogens (primary N) is 1. The van der Waals surface area contributed by atoms with Crippen molar-refractivity contribution >= 4 is 11.0 Å². The summed E-state index contributed by atoms with van der Waals surface area (Å²) in [4.78, 5) is 4.70. The smallest absolute Gasteiger partial charge is 0.121 e. The van der Waals surface area contributed by atoms with Crippen LogP contribution in [0.2, 0.25) is 0 Å². The van der Waals surface area contributed by atoms with Gasteiger partial charge in [0.15, 0.2) is 0 Å². The lowest BCUT2D eigenvalue weighted by molar-refractivity contribution is 0.439. The first-order valence-electron chi connectivity index (χ1n) is 6.95. The van der Waals surface area contributed by atoms with E-state index in [4.69, 9.17) is 15.1 Å². The number of imidazole rings is 1. The largest absolute Gasteiger partial charge is 0.465 e. The lowest BCUT2D eigenvalue weighted by atomic mass is 10.1. The van der Waals surface area contributed by atoms with Crippen LogP contribution in [0.4, 0.5) is 0 Å². The number of fused-ring (bicyclic) bond motifs is 1. The summed E-state index contributed by atoms with van der Waals surface area (Å²) in [6.07, 6.45) is 0.676. The van der Waals surface area contributed by atoms with Crippen LogP contribution in [0.1, 0.15) is 30.3 Å². The van der Waals surface area contributed by atoms with Crippen molar-refractivity contribution < 1.29 is 4.42 Å². The molecule has 3 aromatic rings. The van der Waals surface area contributed by atoms with E-state index in [-0.39, 0.29) is 6.04 Å². The molecule has 1 aromatic carbocycles. The quantitative estimate of drug-likeness (QED) is 0.791. The van der Waals surface area contributed by atoms with Crippen LogP contribution in [0.5, 0.6) is 0 Å². The monoisotopic (exact) mass is 269 g/mol. The number of rotatable bonds is 4. The van der Waals surface area contributed by atoms with Gasteiger partial charge < -0.3 is 14.7 Å². The molecule has 0 saturated carbocycles. The van der Waals surface area contributed by atoms with E-state index >= 15 is 0 Å². The molecule has 20 heavy (non-hydrogen) atoms. The zero-order valence-corrected chi connectivity index (χ0v) is 11.8. The minimum Gasteiger partial charge on any atom is -0.465 e. The molecule has 0 saturated heterocycles. The SMILES string of the molecule is CCn1c(CC(N)c2ccc(C)o2)nc2ccccc21. The van der Waals surface area contributed by atoms with Crippen LogP contribution < -0.4 is 5.73 Å². The number of nitrogens with zero attached hydrogens (tertiary/aromatic N) is 2. The number of hydrogen-bond acceptors (Lipinski definition) is 3. The van der Waals surface area contributed by atoms with E-state index in [0.29, 0.717) is 6.42 Å². The Balaban J connectivity index is 1.94. The van der Waals surface area contributed by atoms with Gasteiger partial charge in [-0.25, -0.2) is 4.98 Å². The number of benzene rings is 1. The Bertz CT molecular complexity index is 726. The van der Waals surface area contributed by atoms with Crippen molar-refractivity contribution in [2.75, 3.05) is 0 Å². The molecule has 0 amide bonds. The molecule has 2 heterocycles. The van der Waals surface area contributed by atoms with Gasteiger partial charge in [0.1, 0.15) is 17.3 Å². The molecule has 2 aromatic heterocycles. The van der Waals surface area contributed by atoms with Crippen molar-refractivity contribution in [2.45, 2.75) is 32.9 Å². The van der Waals surface area contributed by atoms with Gasteiger partial charge in [0.2, 0.25) is 0 Å². The van der Waals surface area contributed by atoms with E-state index in [1.54, 1.807) is 0 Å². The van der Waals surface area contributed by atoms with Gasteiger partial charge in [-0.2, -0.15) is 0 Å². The fraction of sp³-hybridized carbons (Fsp3) is 0.312. The Morgan fingerprint density at radius 3 is 2.75 bits per heavy atom. The van der Waals surface area contributed by atoms with Crippen molar-refractivity contribution in [3.63, 3.8) is 0 Å². The molecule has 0 spiro atoms. The van der Waals surface area contributed by atoms with Crippen LogP contribution in [0, 0.1) is 6.92 Å². The highest BCUT2D eigenvalue weighted by Gasteiger charge is 2.16. The van der Waals surface area contributed by atoms with E-state index in [9.17, 15) is 0 Å². The standard InChI is InChI=1S/C16H19N3O/c1-3-19-14-7-5-4-6-13(14)18-16(19)10-12(17)15-9-8-11(2)20-15/h4-9,12H,3,10,17H2,1-2H3. The van der Waals surface area contributed by atoms with Crippen molar-refractivity contribution in [1.82, 2.24) is 9.55 Å². The molecule has 104 valence electrons. The first-order chi connectivity index (χ1) is 9.69. The molecule has 0 aliphatic rings. The van der Waals surface area contributed by atoms with Gasteiger partial charge in [0.25, 0.3) is 0 Å². The van der Waals surface area contributed by atoms with Crippen LogP contribution in [0.15, 0.2) is 40.8 Å². The lowest BCUT2D eigenvalue weighted by Gasteiger charge is -2.10. The Hall–Kier alpha value is -2.07. The zero-order chi connectivity index (χ0) is 14.1. The van der Waals surface area contributed by atoms with Gasteiger partial charge in [-0.15, -0.1) is 0 Å². The highest BCUT2D eigenvalue weighted by atomic mass is 16.3. The van der Waals surface area contributed by atoms with Gasteiger partial charge in [0.05, 0.1) is 17.1 Å². The number of furan rings is 1. The van der Waals surface area contributed by atoms with E-state index in [1.807, 2.05) is 37.3 Å². The van der Waals surface area contributed by atoms with Crippen LogP contribution in [0.25, 0.3) is 11.0 Å². The topological polar surface area (TPSA) is 57.0 Å². The van der Waals surface area contributed by atoms with Crippen molar-refractivity contribution in [3.8, 4) is 0 Å². The third-order valence-corrected chi connectivity index (χ3v) is 3.58. The van der Waals surface area contributed by atoms with E-state index in [0.717, 1.165) is 34.9 Å². The lowest BCUT2D eigenvalue weighted by Crippen LogP contribution is -2.15. The molecule has 4 heteroatoms. The number of aryl methyl sites for hydroxylation is 2. The first-order valence-corrected chi connectivity index (χ1v) is 6.95. The second-order valence-electron chi connectivity index (χ2n) is 5.02. The molecule has 1 unspecified atom stereocenters. The average molecular weight is 269 g/mol. The molecule has 3 rings (SSSR count). The molecule has 0 aliphatic carbocycles. The van der Waals surface area contributed by atoms with Crippen LogP contribution in [-0.4, -0.2) is 9.55 Å². The Kier molecular flexibility index (Phi) is 3.32. The fourth-order valence-electron chi connectivity index (χ4n) is 2.58. The summed E-state index contributed by atoms with van der Waals surface area (Å²) in [5.41, 5.74) is 8.42. The van der Waals surface area contributed by atoms with Crippen molar-refractivity contribution in [1.29, 1.82) is 0 Å². The number of hydrogen-bond donors (Lipinski definition) is 1. The molecule has 0 radical (unpaired) electrons. The van der Waals surface area contributed by atoms with Crippen LogP contribution in [0.3, 0.4) is 0 Å². The van der Waals surface area contributed by atoms with Gasteiger partial charge in [-0.3, -0.25) is 0 Å². The molecule has 1 atom stereocenters. The molecule has 0 aliphatic heterocycles. The maximum absolute atomic E-state index is 6.24. The van der Waals surface area contributed by atoms with Crippen LogP contribution >= 0.6 is 0 Å². The molecule has 4 nitrogen and oxygen atoms in total. The third kappa shape index (κ3) is 2.23. The second-order valence-corrected chi connectivity index (χ2v) is 5.02. The summed E-state index contributed by atoms with van der Waals surface area (Å²) in [5.74, 6) is 2.71. The Labute approximate surface area is 118 Å². The third-order valence-electron chi connectivity index (χ3n) is 3.58. The molecular weight excluding hydrogens is 250 g/mol. The van der Waals surface area contributed by atoms with E-state index < -0.39 is 0 Å². The summed E-state index contributed by atoms with van der Waals surface area (Å²) < 4.78 is 7.82. The highest BCUT2D eigenvalue weighted by Crippen LogP contribution is 2.22. The fourth-order valence-corrected chi connectivity index (χ4v) is 2.58. The maximum atomic E-state index is 6.24. The predicted molar refractivity (Wildman–Crippen MR) is 79.5 cm³/mol. The first kappa shape index (κ1) is 12.9. The average Bonchev–Trinajstić information content (AvgIpc) is 3.01. The molecule has 2 N–H and O–H groups in total. The summed E-state index contributed by atoms with van der Waals surface area (Å²) >= 11 is 0. The van der Waals surface area contributed by atoms with Gasteiger partial charge in [-0.1, -0.05) is 12.1 Å². The van der Waals surface area contributed by atoms with E-state index in [2.05, 4.69) is 17.6 Å². The number of para-hydroxylation sites is 2. The zero-order valence-electron chi connectivity index (χ0n) is 11.8. The maximum Gasteiger partial charge on any atom is 0.121 e. The number of aromatic nitrogens is 2. The van der Waals surface area contributed by atoms with Gasteiger partial charge >= 0.3 is 0 Å². The predicted octanol–water partition coefficient (Wildman–Crippen LogP) is 3.20. The Morgan fingerprint density at radius 1 is 1.25 bits per heavy atom. The van der Waals surface area contributed by atoms with Crippen molar-refractivity contribution in [2.24, 2.45) is 5.73 Å². The summed E-state index contributed by atoms with van der Waals surface area (Å²) in [7, 11) is 0. The minimum atomic E-state index is -0.161. The second kappa shape index (κ2) is 5.13. The molecule has 0 bridgehead atoms. The van der Waals surface area contributed by atoms with Gasteiger partial charge in [-0.05, 0) is 38.1 Å². The van der Waals surface area contributed by atoms with Crippen molar-refractivity contribution in [3.05, 3.63) is 53.7 Å². The molecular formula is C16H19N3O. The normalized spacial score (nSPS) is 12.9. The summed E-state index contributed by atoms with van der Waals surface area (Å²) in [6.45, 7) is 4.94. The minimum absolute atomic E-state index is 0.161. The summed E-state index contributed by atoms with van der Waals surface area (Å²) in [6, 6.07) is 11.9.